The normalized spacial score (nSPS) is 9.88. The van der Waals surface area contributed by atoms with E-state index in [0.29, 0.717) is 12.6 Å². The first-order valence-corrected chi connectivity index (χ1v) is 4.42. The van der Waals surface area contributed by atoms with Gasteiger partial charge in [0.05, 0.1) is 4.92 Å². The number of hydrogen-bond donors (Lipinski definition) is 2. The molecule has 86 valence electrons. The molecule has 0 aliphatic rings. The minimum Gasteiger partial charge on any atom is -0.478 e. The maximum atomic E-state index is 13.2. The van der Waals surface area contributed by atoms with E-state index in [2.05, 4.69) is 5.32 Å². The summed E-state index contributed by atoms with van der Waals surface area (Å²) in [6.45, 7) is 2.05. The molecule has 0 fully saturated rings. The van der Waals surface area contributed by atoms with Crippen LogP contribution in [0, 0.1) is 15.9 Å². The van der Waals surface area contributed by atoms with Crippen molar-refractivity contribution >= 4 is 17.3 Å². The number of aromatic carboxylic acids is 1. The van der Waals surface area contributed by atoms with E-state index >= 15 is 0 Å². The summed E-state index contributed by atoms with van der Waals surface area (Å²) in [6, 6.07) is 1.51. The molecule has 0 atom stereocenters. The highest BCUT2D eigenvalue weighted by Gasteiger charge is 2.21. The third-order valence-corrected chi connectivity index (χ3v) is 1.88. The second-order valence-corrected chi connectivity index (χ2v) is 2.94. The Bertz CT molecular complexity index is 447. The molecule has 6 nitrogen and oxygen atoms in total. The molecule has 0 bridgehead atoms. The average molecular weight is 228 g/mol. The molecule has 0 saturated carbocycles. The Hall–Kier alpha value is -2.18. The topological polar surface area (TPSA) is 92.5 Å². The van der Waals surface area contributed by atoms with Crippen molar-refractivity contribution in [1.82, 2.24) is 0 Å². The van der Waals surface area contributed by atoms with E-state index in [0.717, 1.165) is 6.07 Å². The van der Waals surface area contributed by atoms with Crippen LogP contribution in [0.2, 0.25) is 0 Å². The molecule has 0 heterocycles. The van der Waals surface area contributed by atoms with Crippen molar-refractivity contribution in [3.8, 4) is 0 Å². The van der Waals surface area contributed by atoms with Crippen molar-refractivity contribution in [1.29, 1.82) is 0 Å². The molecule has 7 heteroatoms. The number of nitro groups is 1. The predicted octanol–water partition coefficient (Wildman–Crippen LogP) is 1.86. The fraction of sp³-hybridized carbons (Fsp3) is 0.222. The summed E-state index contributed by atoms with van der Waals surface area (Å²) in [4.78, 5) is 20.5. The van der Waals surface area contributed by atoms with Crippen molar-refractivity contribution in [3.05, 3.63) is 33.6 Å². The summed E-state index contributed by atoms with van der Waals surface area (Å²) in [6.07, 6.45) is 0. The van der Waals surface area contributed by atoms with Gasteiger partial charge in [-0.05, 0) is 6.92 Å². The number of nitrogens with one attached hydrogen (secondary N) is 1. The number of benzene rings is 1. The molecule has 0 spiro atoms. The first-order chi connectivity index (χ1) is 7.47. The maximum absolute atomic E-state index is 13.2. The number of rotatable bonds is 4. The van der Waals surface area contributed by atoms with E-state index < -0.39 is 28.0 Å². The summed E-state index contributed by atoms with van der Waals surface area (Å²) in [5, 5.41) is 21.8. The van der Waals surface area contributed by atoms with Crippen LogP contribution in [0.4, 0.5) is 15.8 Å². The van der Waals surface area contributed by atoms with Crippen LogP contribution < -0.4 is 5.32 Å². The zero-order valence-corrected chi connectivity index (χ0v) is 8.36. The quantitative estimate of drug-likeness (QED) is 0.606. The molecular weight excluding hydrogens is 219 g/mol. The number of hydrogen-bond acceptors (Lipinski definition) is 4. The van der Waals surface area contributed by atoms with Crippen LogP contribution in [0.3, 0.4) is 0 Å². The first kappa shape index (κ1) is 11.9. The van der Waals surface area contributed by atoms with Gasteiger partial charge in [0.15, 0.2) is 0 Å². The van der Waals surface area contributed by atoms with Crippen LogP contribution in [-0.4, -0.2) is 22.5 Å². The highest BCUT2D eigenvalue weighted by Crippen LogP contribution is 2.27. The van der Waals surface area contributed by atoms with E-state index in [1.807, 2.05) is 0 Å². The number of carboxylic acids is 1. The predicted molar refractivity (Wildman–Crippen MR) is 54.2 cm³/mol. The fourth-order valence-corrected chi connectivity index (χ4v) is 1.21. The summed E-state index contributed by atoms with van der Waals surface area (Å²) in [7, 11) is 0. The van der Waals surface area contributed by atoms with Crippen LogP contribution in [-0.2, 0) is 0 Å². The van der Waals surface area contributed by atoms with Gasteiger partial charge in [0, 0.05) is 18.7 Å². The number of halogens is 1. The van der Waals surface area contributed by atoms with Gasteiger partial charge in [-0.25, -0.2) is 9.18 Å². The van der Waals surface area contributed by atoms with E-state index in [-0.39, 0.29) is 5.69 Å². The Morgan fingerprint density at radius 2 is 2.25 bits per heavy atom. The first-order valence-electron chi connectivity index (χ1n) is 4.42. The number of carbonyl (C=O) groups is 1. The van der Waals surface area contributed by atoms with Crippen LogP contribution in [0.1, 0.15) is 17.3 Å². The molecule has 16 heavy (non-hydrogen) atoms. The number of carboxylic acid groups (broad SMARTS) is 1. The van der Waals surface area contributed by atoms with Gasteiger partial charge < -0.3 is 10.4 Å². The van der Waals surface area contributed by atoms with Crippen molar-refractivity contribution < 1.29 is 19.2 Å². The summed E-state index contributed by atoms with van der Waals surface area (Å²) >= 11 is 0. The molecule has 1 aromatic rings. The molecule has 0 radical (unpaired) electrons. The second kappa shape index (κ2) is 4.56. The molecule has 0 aliphatic carbocycles. The van der Waals surface area contributed by atoms with Gasteiger partial charge in [0.25, 0.3) is 5.69 Å². The second-order valence-electron chi connectivity index (χ2n) is 2.94. The van der Waals surface area contributed by atoms with Crippen LogP contribution in [0.25, 0.3) is 0 Å². The average Bonchev–Trinajstić information content (AvgIpc) is 2.17. The minimum absolute atomic E-state index is 0.0324. The summed E-state index contributed by atoms with van der Waals surface area (Å²) in [5.74, 6) is -2.54. The third kappa shape index (κ3) is 2.25. The standard InChI is InChI=1S/C9H9FN2O4/c1-2-11-7-4-6(10)5(9(13)14)3-8(7)12(15)16/h3-4,11H,2H2,1H3,(H,13,14). The Kier molecular flexibility index (Phi) is 3.39. The SMILES string of the molecule is CCNc1cc(F)c(C(=O)O)cc1[N+](=O)[O-]. The van der Waals surface area contributed by atoms with Crippen LogP contribution in [0.15, 0.2) is 12.1 Å². The molecule has 2 N–H and O–H groups in total. The van der Waals surface area contributed by atoms with Crippen molar-refractivity contribution in [2.45, 2.75) is 6.92 Å². The summed E-state index contributed by atoms with van der Waals surface area (Å²) in [5.41, 5.74) is -1.20. The van der Waals surface area contributed by atoms with Crippen LogP contribution >= 0.6 is 0 Å². The fourth-order valence-electron chi connectivity index (χ4n) is 1.21. The number of nitrogens with zero attached hydrogens (tertiary/aromatic N) is 1. The van der Waals surface area contributed by atoms with Gasteiger partial charge in [-0.2, -0.15) is 0 Å². The number of anilines is 1. The Morgan fingerprint density at radius 3 is 2.69 bits per heavy atom. The van der Waals surface area contributed by atoms with Gasteiger partial charge in [-0.15, -0.1) is 0 Å². The molecule has 0 saturated heterocycles. The van der Waals surface area contributed by atoms with Gasteiger partial charge in [0.1, 0.15) is 17.1 Å². The van der Waals surface area contributed by atoms with Gasteiger partial charge in [-0.1, -0.05) is 0 Å². The molecule has 1 rings (SSSR count). The molecule has 0 amide bonds. The Labute approximate surface area is 89.9 Å². The monoisotopic (exact) mass is 228 g/mol. The molecule has 0 unspecified atom stereocenters. The Morgan fingerprint density at radius 1 is 1.62 bits per heavy atom. The van der Waals surface area contributed by atoms with Crippen molar-refractivity contribution in [2.75, 3.05) is 11.9 Å². The molecule has 1 aromatic carbocycles. The zero-order chi connectivity index (χ0) is 12.3. The van der Waals surface area contributed by atoms with Gasteiger partial charge >= 0.3 is 5.97 Å². The smallest absolute Gasteiger partial charge is 0.338 e. The van der Waals surface area contributed by atoms with Crippen molar-refractivity contribution in [2.24, 2.45) is 0 Å². The maximum Gasteiger partial charge on any atom is 0.338 e. The third-order valence-electron chi connectivity index (χ3n) is 1.88. The van der Waals surface area contributed by atoms with Gasteiger partial charge in [0.2, 0.25) is 0 Å². The lowest BCUT2D eigenvalue weighted by molar-refractivity contribution is -0.384. The lowest BCUT2D eigenvalue weighted by atomic mass is 10.1. The van der Waals surface area contributed by atoms with Gasteiger partial charge in [-0.3, -0.25) is 10.1 Å². The van der Waals surface area contributed by atoms with E-state index in [1.54, 1.807) is 6.92 Å². The molecular formula is C9H9FN2O4. The number of nitro benzene ring substituents is 1. The van der Waals surface area contributed by atoms with Crippen LogP contribution in [0.5, 0.6) is 0 Å². The highest BCUT2D eigenvalue weighted by molar-refractivity contribution is 5.90. The van der Waals surface area contributed by atoms with E-state index in [9.17, 15) is 19.3 Å². The zero-order valence-electron chi connectivity index (χ0n) is 8.36. The van der Waals surface area contributed by atoms with E-state index in [4.69, 9.17) is 5.11 Å². The summed E-state index contributed by atoms with van der Waals surface area (Å²) < 4.78 is 13.2. The molecule has 0 aromatic heterocycles. The lowest BCUT2D eigenvalue weighted by Gasteiger charge is -2.06. The Balaban J connectivity index is 3.36. The highest BCUT2D eigenvalue weighted by atomic mass is 19.1. The van der Waals surface area contributed by atoms with E-state index in [1.165, 1.54) is 0 Å². The largest absolute Gasteiger partial charge is 0.478 e. The van der Waals surface area contributed by atoms with Crippen molar-refractivity contribution in [3.63, 3.8) is 0 Å². The minimum atomic E-state index is -1.54. The lowest BCUT2D eigenvalue weighted by Crippen LogP contribution is -2.06. The molecule has 0 aliphatic heterocycles.